The lowest BCUT2D eigenvalue weighted by atomic mass is 10.0. The molecule has 0 radical (unpaired) electrons. The van der Waals surface area contributed by atoms with Gasteiger partial charge in [0.1, 0.15) is 10.7 Å². The Hall–Kier alpha value is -0.980. The van der Waals surface area contributed by atoms with Crippen molar-refractivity contribution in [1.29, 1.82) is 0 Å². The van der Waals surface area contributed by atoms with Crippen LogP contribution in [0.25, 0.3) is 0 Å². The van der Waals surface area contributed by atoms with Crippen molar-refractivity contribution in [3.63, 3.8) is 0 Å². The van der Waals surface area contributed by atoms with Gasteiger partial charge < -0.3 is 5.32 Å². The number of hydrogen-bond acceptors (Lipinski definition) is 3. The van der Waals surface area contributed by atoms with Crippen LogP contribution in [0.15, 0.2) is 23.1 Å². The molecule has 0 aliphatic carbocycles. The van der Waals surface area contributed by atoms with Crippen molar-refractivity contribution in [3.8, 4) is 0 Å². The van der Waals surface area contributed by atoms with Crippen molar-refractivity contribution >= 4 is 10.0 Å². The summed E-state index contributed by atoms with van der Waals surface area (Å²) in [6, 6.07) is 4.25. The zero-order chi connectivity index (χ0) is 15.0. The van der Waals surface area contributed by atoms with Crippen molar-refractivity contribution in [2.75, 3.05) is 13.6 Å². The minimum Gasteiger partial charge on any atom is -0.316 e. The molecule has 1 aliphatic heterocycles. The molecule has 0 amide bonds. The highest BCUT2D eigenvalue weighted by Crippen LogP contribution is 2.34. The molecule has 112 valence electrons. The number of sulfonamides is 1. The Morgan fingerprint density at radius 3 is 2.65 bits per heavy atom. The van der Waals surface area contributed by atoms with Gasteiger partial charge in [-0.1, -0.05) is 6.07 Å². The van der Waals surface area contributed by atoms with Crippen LogP contribution >= 0.6 is 0 Å². The molecule has 6 heteroatoms. The van der Waals surface area contributed by atoms with Gasteiger partial charge in [0.15, 0.2) is 0 Å². The van der Waals surface area contributed by atoms with Crippen molar-refractivity contribution in [2.45, 2.75) is 43.7 Å². The third-order valence-corrected chi connectivity index (χ3v) is 5.90. The fraction of sp³-hybridized carbons (Fsp3) is 0.571. The highest BCUT2D eigenvalue weighted by Gasteiger charge is 2.41. The Labute approximate surface area is 120 Å². The van der Waals surface area contributed by atoms with Gasteiger partial charge in [0.25, 0.3) is 0 Å². The Kier molecular flexibility index (Phi) is 4.18. The standard InChI is InChI=1S/C14H21FN2O2S/c1-14(2)7-4-8-17(14)20(18,19)13-9-11(10-16-3)5-6-12(13)15/h5-6,9,16H,4,7-8,10H2,1-3H3. The Morgan fingerprint density at radius 1 is 1.40 bits per heavy atom. The summed E-state index contributed by atoms with van der Waals surface area (Å²) in [5.74, 6) is -0.687. The number of nitrogens with zero attached hydrogens (tertiary/aromatic N) is 1. The molecule has 1 fully saturated rings. The van der Waals surface area contributed by atoms with E-state index in [2.05, 4.69) is 5.32 Å². The van der Waals surface area contributed by atoms with E-state index in [9.17, 15) is 12.8 Å². The molecule has 4 nitrogen and oxygen atoms in total. The zero-order valence-electron chi connectivity index (χ0n) is 12.1. The van der Waals surface area contributed by atoms with Crippen LogP contribution in [0.3, 0.4) is 0 Å². The topological polar surface area (TPSA) is 49.4 Å². The molecule has 0 bridgehead atoms. The fourth-order valence-electron chi connectivity index (χ4n) is 2.71. The summed E-state index contributed by atoms with van der Waals surface area (Å²) in [5.41, 5.74) is 0.300. The van der Waals surface area contributed by atoms with Crippen LogP contribution in [-0.4, -0.2) is 31.9 Å². The molecule has 2 rings (SSSR count). The van der Waals surface area contributed by atoms with E-state index >= 15 is 0 Å². The number of halogens is 1. The number of nitrogens with one attached hydrogen (secondary N) is 1. The van der Waals surface area contributed by atoms with Gasteiger partial charge in [-0.25, -0.2) is 12.8 Å². The molecule has 0 spiro atoms. The molecule has 1 aromatic carbocycles. The van der Waals surface area contributed by atoms with Crippen molar-refractivity contribution in [3.05, 3.63) is 29.6 Å². The summed E-state index contributed by atoms with van der Waals surface area (Å²) in [6.45, 7) is 4.72. The van der Waals surface area contributed by atoms with Crippen molar-refractivity contribution < 1.29 is 12.8 Å². The lowest BCUT2D eigenvalue weighted by Crippen LogP contribution is -2.42. The van der Waals surface area contributed by atoms with Gasteiger partial charge in [-0.3, -0.25) is 0 Å². The molecular weight excluding hydrogens is 279 g/mol. The quantitative estimate of drug-likeness (QED) is 0.926. The molecule has 20 heavy (non-hydrogen) atoms. The first-order chi connectivity index (χ1) is 9.29. The first-order valence-corrected chi connectivity index (χ1v) is 8.19. The Morgan fingerprint density at radius 2 is 2.10 bits per heavy atom. The number of hydrogen-bond donors (Lipinski definition) is 1. The van der Waals surface area contributed by atoms with Gasteiger partial charge in [0.05, 0.1) is 0 Å². The maximum atomic E-state index is 14.0. The van der Waals surface area contributed by atoms with E-state index in [1.54, 1.807) is 13.1 Å². The maximum absolute atomic E-state index is 14.0. The average molecular weight is 300 g/mol. The smallest absolute Gasteiger partial charge is 0.246 e. The van der Waals surface area contributed by atoms with Crippen LogP contribution in [0.1, 0.15) is 32.3 Å². The normalized spacial score (nSPS) is 19.4. The largest absolute Gasteiger partial charge is 0.316 e. The summed E-state index contributed by atoms with van der Waals surface area (Å²) in [4.78, 5) is -0.222. The van der Waals surface area contributed by atoms with E-state index in [0.29, 0.717) is 13.1 Å². The second-order valence-corrected chi connectivity index (χ2v) is 7.62. The van der Waals surface area contributed by atoms with E-state index in [1.165, 1.54) is 16.4 Å². The Balaban J connectivity index is 2.46. The van der Waals surface area contributed by atoms with Crippen LogP contribution < -0.4 is 5.32 Å². The minimum atomic E-state index is -3.79. The molecular formula is C14H21FN2O2S. The first kappa shape index (κ1) is 15.4. The molecule has 0 saturated carbocycles. The number of rotatable bonds is 4. The SMILES string of the molecule is CNCc1ccc(F)c(S(=O)(=O)N2CCCC2(C)C)c1. The van der Waals surface area contributed by atoms with E-state index in [0.717, 1.165) is 18.4 Å². The van der Waals surface area contributed by atoms with E-state index in [4.69, 9.17) is 0 Å². The highest BCUT2D eigenvalue weighted by atomic mass is 32.2. The molecule has 0 unspecified atom stereocenters. The monoisotopic (exact) mass is 300 g/mol. The van der Waals surface area contributed by atoms with Gasteiger partial charge in [-0.15, -0.1) is 0 Å². The predicted molar refractivity (Wildman–Crippen MR) is 76.4 cm³/mol. The summed E-state index contributed by atoms with van der Waals surface area (Å²) >= 11 is 0. The second kappa shape index (κ2) is 5.42. The molecule has 0 atom stereocenters. The van der Waals surface area contributed by atoms with Gasteiger partial charge in [0.2, 0.25) is 10.0 Å². The summed E-state index contributed by atoms with van der Waals surface area (Å²) in [7, 11) is -2.02. The highest BCUT2D eigenvalue weighted by molar-refractivity contribution is 7.89. The lowest BCUT2D eigenvalue weighted by molar-refractivity contribution is 0.290. The molecule has 1 heterocycles. The van der Waals surface area contributed by atoms with E-state index < -0.39 is 21.4 Å². The Bertz CT molecular complexity index is 599. The van der Waals surface area contributed by atoms with Crippen LogP contribution in [0.4, 0.5) is 4.39 Å². The van der Waals surface area contributed by atoms with Crippen LogP contribution in [0, 0.1) is 5.82 Å². The molecule has 1 aliphatic rings. The van der Waals surface area contributed by atoms with E-state index in [-0.39, 0.29) is 4.90 Å². The van der Waals surface area contributed by atoms with Gasteiger partial charge in [-0.2, -0.15) is 4.31 Å². The van der Waals surface area contributed by atoms with Crippen LogP contribution in [0.2, 0.25) is 0 Å². The molecule has 1 aromatic rings. The third-order valence-electron chi connectivity index (χ3n) is 3.77. The lowest BCUT2D eigenvalue weighted by Gasteiger charge is -2.30. The first-order valence-electron chi connectivity index (χ1n) is 6.75. The molecule has 0 aromatic heterocycles. The van der Waals surface area contributed by atoms with Gasteiger partial charge in [0, 0.05) is 18.6 Å². The summed E-state index contributed by atoms with van der Waals surface area (Å²) in [5, 5.41) is 2.94. The number of benzene rings is 1. The van der Waals surface area contributed by atoms with Crippen molar-refractivity contribution in [1.82, 2.24) is 9.62 Å². The maximum Gasteiger partial charge on any atom is 0.246 e. The predicted octanol–water partition coefficient (Wildman–Crippen LogP) is 2.11. The van der Waals surface area contributed by atoms with Crippen LogP contribution in [0.5, 0.6) is 0 Å². The molecule has 1 N–H and O–H groups in total. The summed E-state index contributed by atoms with van der Waals surface area (Å²) in [6.07, 6.45) is 1.61. The fourth-order valence-corrected chi connectivity index (χ4v) is 4.67. The van der Waals surface area contributed by atoms with Gasteiger partial charge in [-0.05, 0) is 51.4 Å². The van der Waals surface area contributed by atoms with Crippen LogP contribution in [-0.2, 0) is 16.6 Å². The second-order valence-electron chi connectivity index (χ2n) is 5.79. The third kappa shape index (κ3) is 2.73. The minimum absolute atomic E-state index is 0.222. The van der Waals surface area contributed by atoms with E-state index in [1.807, 2.05) is 13.8 Å². The zero-order valence-corrected chi connectivity index (χ0v) is 12.9. The van der Waals surface area contributed by atoms with Gasteiger partial charge >= 0.3 is 0 Å². The average Bonchev–Trinajstić information content (AvgIpc) is 2.72. The summed E-state index contributed by atoms with van der Waals surface area (Å²) < 4.78 is 40.8. The van der Waals surface area contributed by atoms with Crippen molar-refractivity contribution in [2.24, 2.45) is 0 Å². The molecule has 1 saturated heterocycles.